The van der Waals surface area contributed by atoms with E-state index < -0.39 is 0 Å². The molecule has 3 unspecified atom stereocenters. The van der Waals surface area contributed by atoms with Crippen LogP contribution < -0.4 is 15.8 Å². The Balaban J connectivity index is 0.00000220. The fourth-order valence-electron chi connectivity index (χ4n) is 2.47. The molecule has 0 spiro atoms. The molecule has 4 nitrogen and oxygen atoms in total. The van der Waals surface area contributed by atoms with Gasteiger partial charge in [0.15, 0.2) is 0 Å². The molecule has 1 amide bonds. The van der Waals surface area contributed by atoms with Crippen LogP contribution in [-0.2, 0) is 4.79 Å². The largest absolute Gasteiger partial charge is 0.487 e. The molecule has 118 valence electrons. The number of carbonyl (C=O) groups is 1. The fraction of sp³-hybridized carbons (Fsp3) is 0.562. The number of para-hydroxylation sites is 1. The first-order chi connectivity index (χ1) is 9.30. The highest BCUT2D eigenvalue weighted by atomic mass is 35.5. The van der Waals surface area contributed by atoms with Crippen LogP contribution in [0.25, 0.3) is 0 Å². The predicted octanol–water partition coefficient (Wildman–Crippen LogP) is 2.81. The van der Waals surface area contributed by atoms with Gasteiger partial charge in [0, 0.05) is 23.9 Å². The van der Waals surface area contributed by atoms with Crippen LogP contribution in [0.4, 0.5) is 0 Å². The molecular formula is C16H25ClN2O2. The summed E-state index contributed by atoms with van der Waals surface area (Å²) < 4.78 is 5.96. The molecule has 1 aliphatic rings. The first-order valence-electron chi connectivity index (χ1n) is 7.14. The minimum absolute atomic E-state index is 0. The molecule has 0 aliphatic carbocycles. The van der Waals surface area contributed by atoms with Crippen LogP contribution in [0.3, 0.4) is 0 Å². The number of hydrogen-bond donors (Lipinski definition) is 2. The zero-order chi connectivity index (χ0) is 14.9. The van der Waals surface area contributed by atoms with E-state index in [9.17, 15) is 4.79 Å². The molecule has 3 N–H and O–H groups in total. The van der Waals surface area contributed by atoms with Gasteiger partial charge in [-0.05, 0) is 26.8 Å². The Labute approximate surface area is 132 Å². The molecule has 1 aromatic carbocycles. The maximum Gasteiger partial charge on any atom is 0.224 e. The molecule has 1 aromatic rings. The quantitative estimate of drug-likeness (QED) is 0.902. The average molecular weight is 313 g/mol. The predicted molar refractivity (Wildman–Crippen MR) is 86.7 cm³/mol. The molecule has 5 heteroatoms. The van der Waals surface area contributed by atoms with Crippen LogP contribution in [0.1, 0.15) is 45.7 Å². The van der Waals surface area contributed by atoms with Crippen LogP contribution in [0.2, 0.25) is 0 Å². The second-order valence-electron chi connectivity index (χ2n) is 6.31. The number of rotatable bonds is 3. The molecule has 0 bridgehead atoms. The van der Waals surface area contributed by atoms with Gasteiger partial charge >= 0.3 is 0 Å². The summed E-state index contributed by atoms with van der Waals surface area (Å²) in [5, 5.41) is 3.11. The molecule has 21 heavy (non-hydrogen) atoms. The Bertz CT molecular complexity index is 503. The van der Waals surface area contributed by atoms with Crippen LogP contribution in [-0.4, -0.2) is 17.6 Å². The summed E-state index contributed by atoms with van der Waals surface area (Å²) >= 11 is 0. The van der Waals surface area contributed by atoms with Crippen LogP contribution >= 0.6 is 12.4 Å². The molecule has 0 fully saturated rings. The fourth-order valence-corrected chi connectivity index (χ4v) is 2.47. The Kier molecular flexibility index (Phi) is 5.65. The van der Waals surface area contributed by atoms with Crippen molar-refractivity contribution >= 4 is 18.3 Å². The van der Waals surface area contributed by atoms with E-state index in [-0.39, 0.29) is 41.9 Å². The van der Waals surface area contributed by atoms with Crippen molar-refractivity contribution in [3.63, 3.8) is 0 Å². The minimum atomic E-state index is -0.288. The normalized spacial score (nSPS) is 22.0. The Hall–Kier alpha value is -1.26. The zero-order valence-electron chi connectivity index (χ0n) is 13.1. The molecule has 0 saturated carbocycles. The van der Waals surface area contributed by atoms with Crippen molar-refractivity contribution in [3.05, 3.63) is 29.8 Å². The van der Waals surface area contributed by atoms with E-state index in [1.165, 1.54) is 0 Å². The van der Waals surface area contributed by atoms with Gasteiger partial charge in [0.1, 0.15) is 11.4 Å². The van der Waals surface area contributed by atoms with Gasteiger partial charge in [0.25, 0.3) is 0 Å². The van der Waals surface area contributed by atoms with Crippen molar-refractivity contribution in [2.75, 3.05) is 0 Å². The van der Waals surface area contributed by atoms with E-state index in [0.29, 0.717) is 0 Å². The zero-order valence-corrected chi connectivity index (χ0v) is 13.9. The molecule has 0 saturated heterocycles. The molecular weight excluding hydrogens is 288 g/mol. The van der Waals surface area contributed by atoms with E-state index in [1.54, 1.807) is 0 Å². The number of carbonyl (C=O) groups excluding carboxylic acids is 1. The number of fused-ring (bicyclic) bond motifs is 1. The van der Waals surface area contributed by atoms with Crippen LogP contribution in [0, 0.1) is 5.92 Å². The second-order valence-corrected chi connectivity index (χ2v) is 6.31. The van der Waals surface area contributed by atoms with Gasteiger partial charge < -0.3 is 15.8 Å². The molecule has 3 atom stereocenters. The van der Waals surface area contributed by atoms with Gasteiger partial charge in [-0.25, -0.2) is 0 Å². The van der Waals surface area contributed by atoms with Crippen molar-refractivity contribution < 1.29 is 9.53 Å². The Morgan fingerprint density at radius 1 is 1.38 bits per heavy atom. The molecule has 2 rings (SSSR count). The average Bonchev–Trinajstić information content (AvgIpc) is 2.36. The smallest absolute Gasteiger partial charge is 0.224 e. The summed E-state index contributed by atoms with van der Waals surface area (Å²) in [5.41, 5.74) is 6.56. The van der Waals surface area contributed by atoms with Crippen LogP contribution in [0.15, 0.2) is 24.3 Å². The lowest BCUT2D eigenvalue weighted by atomic mass is 9.89. The molecule has 0 radical (unpaired) electrons. The van der Waals surface area contributed by atoms with Crippen molar-refractivity contribution in [1.29, 1.82) is 0 Å². The van der Waals surface area contributed by atoms with Crippen molar-refractivity contribution in [1.82, 2.24) is 5.32 Å². The number of benzene rings is 1. The summed E-state index contributed by atoms with van der Waals surface area (Å²) in [5.74, 6) is 0.646. The third-order valence-electron chi connectivity index (χ3n) is 3.90. The summed E-state index contributed by atoms with van der Waals surface area (Å²) in [6, 6.07) is 7.69. The summed E-state index contributed by atoms with van der Waals surface area (Å²) in [7, 11) is 0. The number of amides is 1. The summed E-state index contributed by atoms with van der Waals surface area (Å²) in [6.07, 6.45) is 0.751. The van der Waals surface area contributed by atoms with E-state index in [1.807, 2.05) is 52.0 Å². The third kappa shape index (κ3) is 4.11. The number of halogens is 1. The maximum atomic E-state index is 12.2. The Morgan fingerprint density at radius 2 is 2.00 bits per heavy atom. The van der Waals surface area contributed by atoms with Gasteiger partial charge in [-0.1, -0.05) is 25.1 Å². The highest BCUT2D eigenvalue weighted by Crippen LogP contribution is 2.39. The van der Waals surface area contributed by atoms with E-state index in [4.69, 9.17) is 10.5 Å². The lowest BCUT2D eigenvalue weighted by Gasteiger charge is -2.38. The lowest BCUT2D eigenvalue weighted by molar-refractivity contribution is -0.126. The van der Waals surface area contributed by atoms with E-state index in [0.717, 1.165) is 17.7 Å². The van der Waals surface area contributed by atoms with Crippen molar-refractivity contribution in [3.8, 4) is 5.75 Å². The molecule has 0 aromatic heterocycles. The topological polar surface area (TPSA) is 64.4 Å². The van der Waals surface area contributed by atoms with Crippen LogP contribution in [0.5, 0.6) is 5.75 Å². The summed E-state index contributed by atoms with van der Waals surface area (Å²) in [6.45, 7) is 7.79. The number of nitrogens with two attached hydrogens (primary N) is 1. The third-order valence-corrected chi connectivity index (χ3v) is 3.90. The minimum Gasteiger partial charge on any atom is -0.487 e. The SMILES string of the molecule is CC(N)C(C)C(=O)NC1CC(C)(C)Oc2ccccc21.Cl. The van der Waals surface area contributed by atoms with E-state index in [2.05, 4.69) is 5.32 Å². The highest BCUT2D eigenvalue weighted by Gasteiger charge is 2.35. The first kappa shape index (κ1) is 17.8. The number of hydrogen-bond acceptors (Lipinski definition) is 3. The molecule has 1 aliphatic heterocycles. The van der Waals surface area contributed by atoms with Gasteiger partial charge in [0.2, 0.25) is 5.91 Å². The van der Waals surface area contributed by atoms with E-state index >= 15 is 0 Å². The maximum absolute atomic E-state index is 12.2. The van der Waals surface area contributed by atoms with Gasteiger partial charge in [0.05, 0.1) is 6.04 Å². The summed E-state index contributed by atoms with van der Waals surface area (Å²) in [4.78, 5) is 12.2. The Morgan fingerprint density at radius 3 is 2.62 bits per heavy atom. The monoisotopic (exact) mass is 312 g/mol. The number of ether oxygens (including phenoxy) is 1. The standard InChI is InChI=1S/C16H24N2O2.ClH/c1-10(11(2)17)15(19)18-13-9-16(3,4)20-14-8-6-5-7-12(13)14;/h5-8,10-11,13H,9,17H2,1-4H3,(H,18,19);1H. The van der Waals surface area contributed by atoms with Crippen molar-refractivity contribution in [2.24, 2.45) is 11.7 Å². The van der Waals surface area contributed by atoms with Gasteiger partial charge in [-0.3, -0.25) is 4.79 Å². The first-order valence-corrected chi connectivity index (χ1v) is 7.14. The van der Waals surface area contributed by atoms with Crippen molar-refractivity contribution in [2.45, 2.75) is 51.8 Å². The highest BCUT2D eigenvalue weighted by molar-refractivity contribution is 5.85. The molecule has 1 heterocycles. The van der Waals surface area contributed by atoms with Gasteiger partial charge in [-0.15, -0.1) is 12.4 Å². The van der Waals surface area contributed by atoms with Gasteiger partial charge in [-0.2, -0.15) is 0 Å². The second kappa shape index (κ2) is 6.67. The number of nitrogens with one attached hydrogen (secondary N) is 1. The lowest BCUT2D eigenvalue weighted by Crippen LogP contribution is -2.45.